The van der Waals surface area contributed by atoms with Crippen molar-refractivity contribution in [3.05, 3.63) is 12.7 Å². The van der Waals surface area contributed by atoms with Gasteiger partial charge in [-0.3, -0.25) is 9.80 Å². The molecule has 2 saturated heterocycles. The Hall–Kier alpha value is -0.380. The van der Waals surface area contributed by atoms with Crippen LogP contribution in [0.2, 0.25) is 0 Å². The fourth-order valence-electron chi connectivity index (χ4n) is 2.89. The highest BCUT2D eigenvalue weighted by Gasteiger charge is 2.28. The Labute approximate surface area is 105 Å². The van der Waals surface area contributed by atoms with Crippen LogP contribution >= 0.6 is 0 Å². The van der Waals surface area contributed by atoms with Crippen LogP contribution < -0.4 is 0 Å². The largest absolute Gasteiger partial charge is 0.380 e. The summed E-state index contributed by atoms with van der Waals surface area (Å²) >= 11 is 0. The van der Waals surface area contributed by atoms with Gasteiger partial charge in [0, 0.05) is 32.2 Å². The molecule has 1 atom stereocenters. The fourth-order valence-corrected chi connectivity index (χ4v) is 2.89. The van der Waals surface area contributed by atoms with E-state index in [4.69, 9.17) is 4.74 Å². The van der Waals surface area contributed by atoms with Crippen LogP contribution in [0, 0.1) is 0 Å². The molecule has 1 unspecified atom stereocenters. The molecular weight excluding hydrogens is 212 g/mol. The van der Waals surface area contributed by atoms with Crippen molar-refractivity contribution in [3.8, 4) is 0 Å². The topological polar surface area (TPSA) is 15.7 Å². The van der Waals surface area contributed by atoms with Gasteiger partial charge in [0.05, 0.1) is 13.2 Å². The second-order valence-electron chi connectivity index (χ2n) is 5.18. The van der Waals surface area contributed by atoms with Crippen LogP contribution in [0.3, 0.4) is 0 Å². The Kier molecular flexibility index (Phi) is 5.49. The second kappa shape index (κ2) is 7.14. The Morgan fingerprint density at radius 2 is 2.12 bits per heavy atom. The lowest BCUT2D eigenvalue weighted by Gasteiger charge is -2.44. The Morgan fingerprint density at radius 1 is 1.18 bits per heavy atom. The highest BCUT2D eigenvalue weighted by molar-refractivity contribution is 4.84. The number of fused-ring (bicyclic) bond motifs is 1. The minimum atomic E-state index is 0.825. The van der Waals surface area contributed by atoms with Crippen molar-refractivity contribution in [2.45, 2.75) is 31.7 Å². The van der Waals surface area contributed by atoms with Crippen LogP contribution in [0.1, 0.15) is 25.7 Å². The molecule has 2 aliphatic rings. The number of ether oxygens (including phenoxy) is 1. The quantitative estimate of drug-likeness (QED) is 0.518. The van der Waals surface area contributed by atoms with Crippen LogP contribution in [0.4, 0.5) is 0 Å². The lowest BCUT2D eigenvalue weighted by molar-refractivity contribution is 0.0301. The van der Waals surface area contributed by atoms with E-state index in [-0.39, 0.29) is 0 Å². The maximum absolute atomic E-state index is 5.59. The molecule has 2 rings (SSSR count). The Bertz CT molecular complexity index is 232. The van der Waals surface area contributed by atoms with E-state index in [1.54, 1.807) is 0 Å². The number of nitrogens with zero attached hydrogens (tertiary/aromatic N) is 2. The van der Waals surface area contributed by atoms with Gasteiger partial charge in [-0.2, -0.15) is 0 Å². The van der Waals surface area contributed by atoms with Crippen molar-refractivity contribution in [1.82, 2.24) is 9.80 Å². The summed E-state index contributed by atoms with van der Waals surface area (Å²) in [6.45, 7) is 11.6. The van der Waals surface area contributed by atoms with Gasteiger partial charge >= 0.3 is 0 Å². The molecule has 0 aromatic heterocycles. The first-order valence-electron chi connectivity index (χ1n) is 7.05. The van der Waals surface area contributed by atoms with Crippen LogP contribution in [-0.4, -0.2) is 61.8 Å². The summed E-state index contributed by atoms with van der Waals surface area (Å²) in [5, 5.41) is 0. The maximum Gasteiger partial charge on any atom is 0.0593 e. The van der Waals surface area contributed by atoms with Crippen molar-refractivity contribution in [3.63, 3.8) is 0 Å². The summed E-state index contributed by atoms with van der Waals surface area (Å²) in [4.78, 5) is 5.25. The summed E-state index contributed by atoms with van der Waals surface area (Å²) in [6, 6.07) is 0.825. The molecule has 0 amide bonds. The van der Waals surface area contributed by atoms with Crippen LogP contribution in [0.15, 0.2) is 12.7 Å². The maximum atomic E-state index is 5.59. The van der Waals surface area contributed by atoms with E-state index in [9.17, 15) is 0 Å². The molecule has 17 heavy (non-hydrogen) atoms. The zero-order chi connectivity index (χ0) is 11.9. The highest BCUT2D eigenvalue weighted by atomic mass is 16.5. The summed E-state index contributed by atoms with van der Waals surface area (Å²) in [7, 11) is 0. The monoisotopic (exact) mass is 238 g/mol. The van der Waals surface area contributed by atoms with E-state index in [0.29, 0.717) is 0 Å². The molecule has 3 nitrogen and oxygen atoms in total. The zero-order valence-corrected chi connectivity index (χ0v) is 10.9. The van der Waals surface area contributed by atoms with Gasteiger partial charge in [-0.15, -0.1) is 6.58 Å². The molecule has 3 heteroatoms. The van der Waals surface area contributed by atoms with Gasteiger partial charge in [-0.05, 0) is 25.8 Å². The molecule has 0 N–H and O–H groups in total. The van der Waals surface area contributed by atoms with Crippen molar-refractivity contribution in [2.24, 2.45) is 0 Å². The first-order chi connectivity index (χ1) is 8.40. The molecule has 0 saturated carbocycles. The van der Waals surface area contributed by atoms with Gasteiger partial charge in [-0.1, -0.05) is 12.5 Å². The van der Waals surface area contributed by atoms with E-state index >= 15 is 0 Å². The van der Waals surface area contributed by atoms with Gasteiger partial charge in [0.1, 0.15) is 0 Å². The fraction of sp³-hybridized carbons (Fsp3) is 0.857. The molecule has 0 aromatic rings. The first-order valence-corrected chi connectivity index (χ1v) is 7.05. The molecule has 0 aliphatic carbocycles. The summed E-state index contributed by atoms with van der Waals surface area (Å²) < 4.78 is 5.59. The van der Waals surface area contributed by atoms with E-state index in [2.05, 4.69) is 16.4 Å². The second-order valence-corrected chi connectivity index (χ2v) is 5.18. The van der Waals surface area contributed by atoms with Gasteiger partial charge in [0.15, 0.2) is 0 Å². The van der Waals surface area contributed by atoms with Crippen LogP contribution in [0.25, 0.3) is 0 Å². The lowest BCUT2D eigenvalue weighted by atomic mass is 9.99. The Balaban J connectivity index is 1.60. The van der Waals surface area contributed by atoms with E-state index < -0.39 is 0 Å². The molecule has 2 fully saturated rings. The average molecular weight is 238 g/mol. The summed E-state index contributed by atoms with van der Waals surface area (Å²) in [6.07, 6.45) is 7.11. The predicted octanol–water partition coefficient (Wildman–Crippen LogP) is 1.75. The normalized spacial score (nSPS) is 26.7. The lowest BCUT2D eigenvalue weighted by Crippen LogP contribution is -2.55. The molecular formula is C14H26N2O. The minimum Gasteiger partial charge on any atom is -0.380 e. The predicted molar refractivity (Wildman–Crippen MR) is 71.3 cm³/mol. The van der Waals surface area contributed by atoms with Crippen molar-refractivity contribution >= 4 is 0 Å². The highest BCUT2D eigenvalue weighted by Crippen LogP contribution is 2.20. The number of hydrogen-bond acceptors (Lipinski definition) is 3. The molecule has 0 aromatic carbocycles. The third-order valence-electron chi connectivity index (χ3n) is 3.94. The molecule has 0 spiro atoms. The van der Waals surface area contributed by atoms with Crippen LogP contribution in [0.5, 0.6) is 0 Å². The molecule has 98 valence electrons. The molecule has 2 heterocycles. The van der Waals surface area contributed by atoms with Crippen LogP contribution in [-0.2, 0) is 4.74 Å². The smallest absolute Gasteiger partial charge is 0.0593 e. The SMILES string of the molecule is C=CCCOCCN1CCN2CCCCC2C1. The van der Waals surface area contributed by atoms with Gasteiger partial charge in [0.25, 0.3) is 0 Å². The third kappa shape index (κ3) is 4.09. The summed E-state index contributed by atoms with van der Waals surface area (Å²) in [5.41, 5.74) is 0. The molecule has 0 bridgehead atoms. The van der Waals surface area contributed by atoms with E-state index in [0.717, 1.165) is 32.2 Å². The zero-order valence-electron chi connectivity index (χ0n) is 10.9. The number of piperidine rings is 1. The van der Waals surface area contributed by atoms with Crippen molar-refractivity contribution in [1.29, 1.82) is 0 Å². The molecule has 2 aliphatic heterocycles. The third-order valence-corrected chi connectivity index (χ3v) is 3.94. The average Bonchev–Trinajstić information content (AvgIpc) is 2.38. The van der Waals surface area contributed by atoms with Gasteiger partial charge < -0.3 is 4.74 Å². The first kappa shape index (κ1) is 13.1. The number of hydrogen-bond donors (Lipinski definition) is 0. The van der Waals surface area contributed by atoms with Crippen molar-refractivity contribution in [2.75, 3.05) is 45.9 Å². The number of piperazine rings is 1. The molecule has 0 radical (unpaired) electrons. The van der Waals surface area contributed by atoms with Crippen molar-refractivity contribution < 1.29 is 4.74 Å². The van der Waals surface area contributed by atoms with E-state index in [1.165, 1.54) is 45.4 Å². The van der Waals surface area contributed by atoms with Gasteiger partial charge in [0.2, 0.25) is 0 Å². The minimum absolute atomic E-state index is 0.825. The van der Waals surface area contributed by atoms with E-state index in [1.807, 2.05) is 6.08 Å². The summed E-state index contributed by atoms with van der Waals surface area (Å²) in [5.74, 6) is 0. The van der Waals surface area contributed by atoms with Gasteiger partial charge in [-0.25, -0.2) is 0 Å². The number of rotatable bonds is 6. The standard InChI is InChI=1S/C14H26N2O/c1-2-3-11-17-12-10-15-8-9-16-7-5-4-6-14(16)13-15/h2,14H,1,3-13H2. The Morgan fingerprint density at radius 3 is 3.00 bits per heavy atom.